The molecule has 1 aromatic carbocycles. The van der Waals surface area contributed by atoms with Crippen LogP contribution in [0.1, 0.15) is 18.9 Å². The third-order valence-electron chi connectivity index (χ3n) is 2.87. The largest absolute Gasteiger partial charge is 0.423 e. The first-order chi connectivity index (χ1) is 9.11. The standard InChI is InChI=1S/C13H16N4O2/c1-3-10(14)12(18)16-11-5-4-9(6-8(11)2)13-17-15-7-19-13/h4-7,10H,3,14H2,1-2H3,(H,16,18)/t10-/m1/s1. The molecule has 0 aliphatic carbocycles. The van der Waals surface area contributed by atoms with Gasteiger partial charge in [-0.2, -0.15) is 0 Å². The number of hydrogen-bond donors (Lipinski definition) is 2. The third kappa shape index (κ3) is 2.97. The molecule has 100 valence electrons. The number of nitrogens with one attached hydrogen (secondary N) is 1. The normalized spacial score (nSPS) is 12.2. The van der Waals surface area contributed by atoms with Crippen molar-refractivity contribution in [1.82, 2.24) is 10.2 Å². The number of carbonyl (C=O) groups is 1. The van der Waals surface area contributed by atoms with Gasteiger partial charge < -0.3 is 15.5 Å². The minimum absolute atomic E-state index is 0.184. The van der Waals surface area contributed by atoms with Crippen LogP contribution in [0.25, 0.3) is 11.5 Å². The van der Waals surface area contributed by atoms with Crippen molar-refractivity contribution in [3.05, 3.63) is 30.2 Å². The molecule has 1 atom stereocenters. The van der Waals surface area contributed by atoms with Crippen molar-refractivity contribution in [2.75, 3.05) is 5.32 Å². The van der Waals surface area contributed by atoms with Crippen molar-refractivity contribution >= 4 is 11.6 Å². The molecular weight excluding hydrogens is 244 g/mol. The highest BCUT2D eigenvalue weighted by Crippen LogP contribution is 2.23. The van der Waals surface area contributed by atoms with Crippen molar-refractivity contribution in [2.45, 2.75) is 26.3 Å². The Morgan fingerprint density at radius 3 is 2.89 bits per heavy atom. The van der Waals surface area contributed by atoms with Gasteiger partial charge in [0.05, 0.1) is 6.04 Å². The van der Waals surface area contributed by atoms with Crippen molar-refractivity contribution < 1.29 is 9.21 Å². The van der Waals surface area contributed by atoms with Gasteiger partial charge in [0.25, 0.3) is 0 Å². The average Bonchev–Trinajstić information content (AvgIpc) is 2.94. The number of amides is 1. The zero-order valence-electron chi connectivity index (χ0n) is 10.9. The minimum Gasteiger partial charge on any atom is -0.423 e. The van der Waals surface area contributed by atoms with Crippen LogP contribution in [0.5, 0.6) is 0 Å². The van der Waals surface area contributed by atoms with Crippen LogP contribution in [0.2, 0.25) is 0 Å². The lowest BCUT2D eigenvalue weighted by atomic mass is 10.1. The summed E-state index contributed by atoms with van der Waals surface area (Å²) in [5, 5.41) is 10.3. The van der Waals surface area contributed by atoms with E-state index in [-0.39, 0.29) is 5.91 Å². The molecule has 0 aliphatic rings. The monoisotopic (exact) mass is 260 g/mol. The summed E-state index contributed by atoms with van der Waals surface area (Å²) in [7, 11) is 0. The van der Waals surface area contributed by atoms with Crippen LogP contribution in [-0.2, 0) is 4.79 Å². The molecule has 6 nitrogen and oxygen atoms in total. The summed E-state index contributed by atoms with van der Waals surface area (Å²) in [6.45, 7) is 3.77. The van der Waals surface area contributed by atoms with E-state index in [9.17, 15) is 4.79 Å². The summed E-state index contributed by atoms with van der Waals surface area (Å²) >= 11 is 0. The molecule has 19 heavy (non-hydrogen) atoms. The number of benzene rings is 1. The lowest BCUT2D eigenvalue weighted by Gasteiger charge is -2.12. The van der Waals surface area contributed by atoms with Gasteiger partial charge in [0.15, 0.2) is 0 Å². The zero-order valence-corrected chi connectivity index (χ0v) is 10.9. The maximum atomic E-state index is 11.7. The fourth-order valence-corrected chi connectivity index (χ4v) is 1.65. The summed E-state index contributed by atoms with van der Waals surface area (Å²) in [4.78, 5) is 11.7. The fraction of sp³-hybridized carbons (Fsp3) is 0.308. The maximum absolute atomic E-state index is 11.7. The lowest BCUT2D eigenvalue weighted by molar-refractivity contribution is -0.117. The molecule has 3 N–H and O–H groups in total. The van der Waals surface area contributed by atoms with Gasteiger partial charge >= 0.3 is 0 Å². The predicted octanol–water partition coefficient (Wildman–Crippen LogP) is 1.72. The molecule has 0 saturated carbocycles. The molecule has 0 radical (unpaired) electrons. The van der Waals surface area contributed by atoms with Gasteiger partial charge in [0.2, 0.25) is 18.2 Å². The Kier molecular flexibility index (Phi) is 3.91. The minimum atomic E-state index is -0.491. The molecule has 0 unspecified atom stereocenters. The number of carbonyl (C=O) groups excluding carboxylic acids is 1. The van der Waals surface area contributed by atoms with Crippen LogP contribution < -0.4 is 11.1 Å². The molecule has 0 saturated heterocycles. The molecule has 2 aromatic rings. The fourth-order valence-electron chi connectivity index (χ4n) is 1.65. The molecule has 2 rings (SSSR count). The average molecular weight is 260 g/mol. The third-order valence-corrected chi connectivity index (χ3v) is 2.87. The van der Waals surface area contributed by atoms with E-state index in [1.807, 2.05) is 26.0 Å². The van der Waals surface area contributed by atoms with Crippen molar-refractivity contribution in [1.29, 1.82) is 0 Å². The molecule has 0 bridgehead atoms. The highest BCUT2D eigenvalue weighted by molar-refractivity contribution is 5.95. The van der Waals surface area contributed by atoms with Gasteiger partial charge in [-0.1, -0.05) is 6.92 Å². The van der Waals surface area contributed by atoms with Crippen molar-refractivity contribution in [2.24, 2.45) is 5.73 Å². The summed E-state index contributed by atoms with van der Waals surface area (Å²) in [6.07, 6.45) is 1.88. The zero-order chi connectivity index (χ0) is 13.8. The van der Waals surface area contributed by atoms with E-state index >= 15 is 0 Å². The first-order valence-electron chi connectivity index (χ1n) is 6.05. The van der Waals surface area contributed by atoms with Gasteiger partial charge in [0.1, 0.15) is 0 Å². The second-order valence-electron chi connectivity index (χ2n) is 4.28. The van der Waals surface area contributed by atoms with Gasteiger partial charge in [0, 0.05) is 11.3 Å². The Hall–Kier alpha value is -2.21. The molecular formula is C13H16N4O2. The highest BCUT2D eigenvalue weighted by atomic mass is 16.4. The Bertz CT molecular complexity index is 566. The number of anilines is 1. The Labute approximate surface area is 111 Å². The maximum Gasteiger partial charge on any atom is 0.247 e. The quantitative estimate of drug-likeness (QED) is 0.872. The number of aromatic nitrogens is 2. The molecule has 1 heterocycles. The van der Waals surface area contributed by atoms with Gasteiger partial charge in [-0.05, 0) is 37.1 Å². The van der Waals surface area contributed by atoms with E-state index in [0.29, 0.717) is 12.3 Å². The number of rotatable bonds is 4. The van der Waals surface area contributed by atoms with E-state index in [0.717, 1.165) is 16.8 Å². The van der Waals surface area contributed by atoms with E-state index in [4.69, 9.17) is 10.2 Å². The van der Waals surface area contributed by atoms with Gasteiger partial charge in [-0.25, -0.2) is 0 Å². The molecule has 1 amide bonds. The van der Waals surface area contributed by atoms with Crippen LogP contribution >= 0.6 is 0 Å². The summed E-state index contributed by atoms with van der Waals surface area (Å²) in [5.41, 5.74) is 8.13. The SMILES string of the molecule is CC[C@@H](N)C(=O)Nc1ccc(-c2nnco2)cc1C. The van der Waals surface area contributed by atoms with E-state index in [1.165, 1.54) is 6.39 Å². The molecule has 1 aromatic heterocycles. The van der Waals surface area contributed by atoms with Crippen LogP contribution in [0.15, 0.2) is 29.0 Å². The Balaban J connectivity index is 2.18. The number of nitrogens with zero attached hydrogens (tertiary/aromatic N) is 2. The molecule has 0 fully saturated rings. The van der Waals surface area contributed by atoms with Crippen molar-refractivity contribution in [3.8, 4) is 11.5 Å². The first-order valence-corrected chi connectivity index (χ1v) is 6.05. The van der Waals surface area contributed by atoms with Crippen molar-refractivity contribution in [3.63, 3.8) is 0 Å². The Morgan fingerprint density at radius 1 is 1.53 bits per heavy atom. The molecule has 0 spiro atoms. The number of nitrogens with two attached hydrogens (primary N) is 1. The number of aryl methyl sites for hydroxylation is 1. The smallest absolute Gasteiger partial charge is 0.247 e. The number of hydrogen-bond acceptors (Lipinski definition) is 5. The van der Waals surface area contributed by atoms with E-state index < -0.39 is 6.04 Å². The Morgan fingerprint density at radius 2 is 2.32 bits per heavy atom. The highest BCUT2D eigenvalue weighted by Gasteiger charge is 2.13. The second-order valence-corrected chi connectivity index (χ2v) is 4.28. The van der Waals surface area contributed by atoms with E-state index in [2.05, 4.69) is 15.5 Å². The topological polar surface area (TPSA) is 94.0 Å². The predicted molar refractivity (Wildman–Crippen MR) is 71.4 cm³/mol. The van der Waals surface area contributed by atoms with Gasteiger partial charge in [-0.15, -0.1) is 10.2 Å². The summed E-state index contributed by atoms with van der Waals surface area (Å²) < 4.78 is 5.12. The summed E-state index contributed by atoms with van der Waals surface area (Å²) in [5.74, 6) is 0.266. The second kappa shape index (κ2) is 5.62. The molecule has 0 aliphatic heterocycles. The van der Waals surface area contributed by atoms with Crippen LogP contribution in [0.3, 0.4) is 0 Å². The van der Waals surface area contributed by atoms with Crippen LogP contribution in [0.4, 0.5) is 5.69 Å². The van der Waals surface area contributed by atoms with E-state index in [1.54, 1.807) is 6.07 Å². The lowest BCUT2D eigenvalue weighted by Crippen LogP contribution is -2.34. The van der Waals surface area contributed by atoms with Crippen LogP contribution in [-0.4, -0.2) is 22.1 Å². The summed E-state index contributed by atoms with van der Waals surface area (Å²) in [6, 6.07) is 5.00. The van der Waals surface area contributed by atoms with Gasteiger partial charge in [-0.3, -0.25) is 4.79 Å². The first kappa shape index (κ1) is 13.2. The van der Waals surface area contributed by atoms with Crippen LogP contribution in [0, 0.1) is 6.92 Å². The molecule has 6 heteroatoms.